The lowest BCUT2D eigenvalue weighted by Gasteiger charge is -2.02. The van der Waals surface area contributed by atoms with Crippen LogP contribution in [0.15, 0.2) is 64.9 Å². The van der Waals surface area contributed by atoms with Gasteiger partial charge in [-0.15, -0.1) is 5.10 Å². The van der Waals surface area contributed by atoms with E-state index in [9.17, 15) is 10.5 Å². The van der Waals surface area contributed by atoms with Gasteiger partial charge in [0.05, 0.1) is 21.7 Å². The first kappa shape index (κ1) is 13.9. The summed E-state index contributed by atoms with van der Waals surface area (Å²) in [5, 5.41) is 23.2. The molecule has 0 N–H and O–H groups in total. The molecule has 0 aliphatic carbocycles. The summed E-state index contributed by atoms with van der Waals surface area (Å²) in [6.07, 6.45) is 1.61. The Kier molecular flexibility index (Phi) is 3.86. The van der Waals surface area contributed by atoms with Crippen molar-refractivity contribution in [2.45, 2.75) is 10.1 Å². The van der Waals surface area contributed by atoms with Crippen molar-refractivity contribution in [3.05, 3.63) is 66.0 Å². The maximum Gasteiger partial charge on any atom is 0.213 e. The number of hydrogen-bond donors (Lipinski definition) is 0. The predicted octanol–water partition coefficient (Wildman–Crippen LogP) is 3.16. The van der Waals surface area contributed by atoms with Crippen molar-refractivity contribution in [2.75, 3.05) is 0 Å². The monoisotopic (exact) mass is 303 g/mol. The van der Waals surface area contributed by atoms with Gasteiger partial charge in [-0.2, -0.15) is 10.5 Å². The molecule has 0 radical (unpaired) electrons. The van der Waals surface area contributed by atoms with Gasteiger partial charge in [0.1, 0.15) is 18.5 Å². The van der Waals surface area contributed by atoms with E-state index in [2.05, 4.69) is 22.2 Å². The van der Waals surface area contributed by atoms with Crippen LogP contribution in [0.3, 0.4) is 0 Å². The minimum Gasteiger partial charge on any atom is -0.220 e. The number of rotatable bonds is 3. The van der Waals surface area contributed by atoms with Gasteiger partial charge in [-0.1, -0.05) is 24.3 Å². The van der Waals surface area contributed by atoms with Gasteiger partial charge in [-0.05, 0) is 36.0 Å². The smallest absolute Gasteiger partial charge is 0.213 e. The van der Waals surface area contributed by atoms with Crippen LogP contribution < -0.4 is 0 Å². The highest BCUT2D eigenvalue weighted by Crippen LogP contribution is 2.30. The fraction of sp³-hybridized carbons (Fsp3) is 0. The van der Waals surface area contributed by atoms with Crippen LogP contribution in [-0.4, -0.2) is 14.8 Å². The van der Waals surface area contributed by atoms with Crippen molar-refractivity contribution in [1.29, 1.82) is 10.5 Å². The molecule has 5 nitrogen and oxygen atoms in total. The van der Waals surface area contributed by atoms with E-state index in [1.165, 1.54) is 11.8 Å². The van der Waals surface area contributed by atoms with E-state index in [0.717, 1.165) is 5.69 Å². The number of aromatic nitrogens is 3. The summed E-state index contributed by atoms with van der Waals surface area (Å²) in [7, 11) is 0. The second-order valence-corrected chi connectivity index (χ2v) is 5.29. The number of hydrogen-bond acceptors (Lipinski definition) is 5. The lowest BCUT2D eigenvalue weighted by atomic mass is 10.1. The summed E-state index contributed by atoms with van der Waals surface area (Å²) in [6, 6.07) is 18.9. The van der Waals surface area contributed by atoms with Crippen molar-refractivity contribution >= 4 is 11.8 Å². The molecule has 22 heavy (non-hydrogen) atoms. The van der Waals surface area contributed by atoms with Gasteiger partial charge < -0.3 is 0 Å². The second kappa shape index (κ2) is 6.13. The molecule has 3 rings (SSSR count). The molecule has 0 saturated carbocycles. The number of benzene rings is 2. The second-order valence-electron chi connectivity index (χ2n) is 4.32. The zero-order chi connectivity index (χ0) is 15.4. The lowest BCUT2D eigenvalue weighted by Crippen LogP contribution is -1.94. The zero-order valence-corrected chi connectivity index (χ0v) is 12.2. The molecule has 6 heteroatoms. The third-order valence-electron chi connectivity index (χ3n) is 2.94. The Labute approximate surface area is 131 Å². The van der Waals surface area contributed by atoms with Gasteiger partial charge in [0.25, 0.3) is 0 Å². The molecule has 1 heterocycles. The third kappa shape index (κ3) is 2.69. The molecular formula is C16H9N5S. The number of nitrogens with zero attached hydrogens (tertiary/aromatic N) is 5. The number of nitriles is 2. The summed E-state index contributed by atoms with van der Waals surface area (Å²) in [5.41, 5.74) is 1.79. The van der Waals surface area contributed by atoms with Crippen molar-refractivity contribution in [3.8, 4) is 17.8 Å². The molecule has 0 atom stereocenters. The molecule has 1 aromatic heterocycles. The van der Waals surface area contributed by atoms with Crippen LogP contribution in [0.4, 0.5) is 0 Å². The Morgan fingerprint density at radius 1 is 0.909 bits per heavy atom. The molecule has 104 valence electrons. The molecule has 0 unspecified atom stereocenters. The van der Waals surface area contributed by atoms with Crippen LogP contribution in [0, 0.1) is 22.7 Å². The van der Waals surface area contributed by atoms with Gasteiger partial charge in [-0.25, -0.2) is 9.67 Å². The summed E-state index contributed by atoms with van der Waals surface area (Å²) < 4.78 is 1.66. The summed E-state index contributed by atoms with van der Waals surface area (Å²) in [4.78, 5) is 4.82. The van der Waals surface area contributed by atoms with Gasteiger partial charge in [0.15, 0.2) is 0 Å². The molecule has 2 aromatic carbocycles. The van der Waals surface area contributed by atoms with E-state index in [1.807, 2.05) is 30.3 Å². The first-order valence-corrected chi connectivity index (χ1v) is 7.21. The quantitative estimate of drug-likeness (QED) is 0.742. The molecule has 0 aliphatic rings. The number of para-hydroxylation sites is 1. The maximum atomic E-state index is 9.18. The van der Waals surface area contributed by atoms with Crippen LogP contribution >= 0.6 is 11.8 Å². The molecule has 0 amide bonds. The van der Waals surface area contributed by atoms with Gasteiger partial charge in [-0.3, -0.25) is 0 Å². The van der Waals surface area contributed by atoms with Crippen LogP contribution in [0.25, 0.3) is 5.69 Å². The molecule has 0 aliphatic heterocycles. The van der Waals surface area contributed by atoms with Crippen LogP contribution in [0.5, 0.6) is 0 Å². The highest BCUT2D eigenvalue weighted by atomic mass is 32.2. The standard InChI is InChI=1S/C16H9N5S/c17-9-12-5-4-6-13(10-18)15(12)22-16-19-11-21(20-16)14-7-2-1-3-8-14/h1-8,11H. The Balaban J connectivity index is 1.95. The highest BCUT2D eigenvalue weighted by molar-refractivity contribution is 7.99. The van der Waals surface area contributed by atoms with Crippen LogP contribution in [0.2, 0.25) is 0 Å². The van der Waals surface area contributed by atoms with Crippen molar-refractivity contribution in [3.63, 3.8) is 0 Å². The van der Waals surface area contributed by atoms with Gasteiger partial charge in [0, 0.05) is 0 Å². The summed E-state index contributed by atoms with van der Waals surface area (Å²) in [6.45, 7) is 0. The molecule has 0 fully saturated rings. The first-order chi connectivity index (χ1) is 10.8. The average molecular weight is 303 g/mol. The van der Waals surface area contributed by atoms with E-state index in [-0.39, 0.29) is 0 Å². The minimum atomic E-state index is 0.445. The SMILES string of the molecule is N#Cc1cccc(C#N)c1Sc1ncn(-c2ccccc2)n1. The van der Waals surface area contributed by atoms with Crippen LogP contribution in [0.1, 0.15) is 11.1 Å². The fourth-order valence-corrected chi connectivity index (χ4v) is 2.77. The van der Waals surface area contributed by atoms with Crippen molar-refractivity contribution < 1.29 is 0 Å². The van der Waals surface area contributed by atoms with E-state index in [4.69, 9.17) is 0 Å². The minimum absolute atomic E-state index is 0.445. The summed E-state index contributed by atoms with van der Waals surface area (Å²) in [5.74, 6) is 0. The van der Waals surface area contributed by atoms with Crippen molar-refractivity contribution in [2.24, 2.45) is 0 Å². The highest BCUT2D eigenvalue weighted by Gasteiger charge is 2.13. The first-order valence-electron chi connectivity index (χ1n) is 6.40. The Morgan fingerprint density at radius 2 is 1.59 bits per heavy atom. The Bertz CT molecular complexity index is 855. The molecule has 0 spiro atoms. The lowest BCUT2D eigenvalue weighted by molar-refractivity contribution is 0.834. The average Bonchev–Trinajstić information content (AvgIpc) is 3.04. The Hall–Kier alpha value is -3.09. The van der Waals surface area contributed by atoms with E-state index >= 15 is 0 Å². The van der Waals surface area contributed by atoms with Crippen LogP contribution in [-0.2, 0) is 0 Å². The molecule has 0 bridgehead atoms. The summed E-state index contributed by atoms with van der Waals surface area (Å²) >= 11 is 1.22. The van der Waals surface area contributed by atoms with E-state index in [0.29, 0.717) is 21.2 Å². The Morgan fingerprint density at radius 3 is 2.23 bits per heavy atom. The van der Waals surface area contributed by atoms with E-state index in [1.54, 1.807) is 29.2 Å². The molecule has 0 saturated heterocycles. The normalized spacial score (nSPS) is 9.91. The van der Waals surface area contributed by atoms with Gasteiger partial charge in [0.2, 0.25) is 5.16 Å². The molecule has 3 aromatic rings. The predicted molar refractivity (Wildman–Crippen MR) is 81.4 cm³/mol. The van der Waals surface area contributed by atoms with E-state index < -0.39 is 0 Å². The maximum absolute atomic E-state index is 9.18. The fourth-order valence-electron chi connectivity index (χ4n) is 1.91. The largest absolute Gasteiger partial charge is 0.220 e. The topological polar surface area (TPSA) is 78.3 Å². The molecular weight excluding hydrogens is 294 g/mol. The third-order valence-corrected chi connectivity index (χ3v) is 3.95. The van der Waals surface area contributed by atoms with Crippen molar-refractivity contribution in [1.82, 2.24) is 14.8 Å². The van der Waals surface area contributed by atoms with Gasteiger partial charge >= 0.3 is 0 Å². The zero-order valence-electron chi connectivity index (χ0n) is 11.3.